The Hall–Kier alpha value is -0.0800. The first-order chi connectivity index (χ1) is 7.26. The monoisotopic (exact) mass is 211 g/mol. The van der Waals surface area contributed by atoms with Gasteiger partial charge in [-0.1, -0.05) is 19.3 Å². The summed E-state index contributed by atoms with van der Waals surface area (Å²) in [6.45, 7) is 3.26. The normalized spacial score (nSPS) is 35.6. The van der Waals surface area contributed by atoms with Crippen molar-refractivity contribution in [1.29, 1.82) is 0 Å². The summed E-state index contributed by atoms with van der Waals surface area (Å²) in [5, 5.41) is 3.53. The molecule has 2 rings (SSSR count). The first-order valence-electron chi connectivity index (χ1n) is 6.57. The van der Waals surface area contributed by atoms with E-state index in [1.165, 1.54) is 44.9 Å². The molecule has 1 N–H and O–H groups in total. The van der Waals surface area contributed by atoms with Gasteiger partial charge in [-0.2, -0.15) is 0 Å². The second-order valence-electron chi connectivity index (χ2n) is 5.43. The van der Waals surface area contributed by atoms with Gasteiger partial charge in [-0.3, -0.25) is 0 Å². The van der Waals surface area contributed by atoms with Crippen LogP contribution in [0, 0.1) is 5.92 Å². The maximum atomic E-state index is 5.98. The molecule has 0 bridgehead atoms. The molecule has 0 aromatic carbocycles. The van der Waals surface area contributed by atoms with Crippen molar-refractivity contribution in [1.82, 2.24) is 5.32 Å². The van der Waals surface area contributed by atoms with Crippen molar-refractivity contribution in [3.8, 4) is 0 Å². The van der Waals surface area contributed by atoms with Gasteiger partial charge in [0.05, 0.1) is 5.60 Å². The van der Waals surface area contributed by atoms with Crippen molar-refractivity contribution in [3.63, 3.8) is 0 Å². The van der Waals surface area contributed by atoms with Gasteiger partial charge in [0.25, 0.3) is 0 Å². The van der Waals surface area contributed by atoms with Crippen LogP contribution in [0.1, 0.15) is 51.9 Å². The number of ether oxygens (including phenoxy) is 1. The van der Waals surface area contributed by atoms with E-state index in [9.17, 15) is 0 Å². The standard InChI is InChI=1S/C13H25NO/c1-13(9-6-10-15-13)12(14-2)11-7-4-3-5-8-11/h11-12,14H,3-10H2,1-2H3. The zero-order valence-electron chi connectivity index (χ0n) is 10.2. The van der Waals surface area contributed by atoms with E-state index < -0.39 is 0 Å². The molecule has 1 saturated carbocycles. The lowest BCUT2D eigenvalue weighted by molar-refractivity contribution is -0.0315. The maximum absolute atomic E-state index is 5.98. The first-order valence-corrected chi connectivity index (χ1v) is 6.57. The summed E-state index contributed by atoms with van der Waals surface area (Å²) >= 11 is 0. The van der Waals surface area contributed by atoms with E-state index in [2.05, 4.69) is 19.3 Å². The minimum absolute atomic E-state index is 0.108. The van der Waals surface area contributed by atoms with Crippen molar-refractivity contribution in [2.45, 2.75) is 63.5 Å². The first kappa shape index (κ1) is 11.4. The topological polar surface area (TPSA) is 21.3 Å². The molecule has 2 atom stereocenters. The summed E-state index contributed by atoms with van der Waals surface area (Å²) in [5.41, 5.74) is 0.108. The molecular weight excluding hydrogens is 186 g/mol. The number of likely N-dealkylation sites (N-methyl/N-ethyl adjacent to an activating group) is 1. The van der Waals surface area contributed by atoms with Crippen LogP contribution in [-0.2, 0) is 4.74 Å². The van der Waals surface area contributed by atoms with Gasteiger partial charge in [0, 0.05) is 12.6 Å². The fourth-order valence-electron chi connectivity index (χ4n) is 3.55. The third-order valence-corrected chi connectivity index (χ3v) is 4.34. The van der Waals surface area contributed by atoms with Gasteiger partial charge in [-0.05, 0) is 45.6 Å². The fraction of sp³-hybridized carbons (Fsp3) is 1.00. The Morgan fingerprint density at radius 1 is 1.20 bits per heavy atom. The summed E-state index contributed by atoms with van der Waals surface area (Å²) < 4.78 is 5.98. The Labute approximate surface area is 93.8 Å². The number of rotatable bonds is 3. The molecule has 2 heteroatoms. The lowest BCUT2D eigenvalue weighted by Gasteiger charge is -2.40. The van der Waals surface area contributed by atoms with E-state index in [-0.39, 0.29) is 5.60 Å². The average Bonchev–Trinajstić information content (AvgIpc) is 2.68. The van der Waals surface area contributed by atoms with Crippen LogP contribution in [0.3, 0.4) is 0 Å². The van der Waals surface area contributed by atoms with Crippen LogP contribution in [0.2, 0.25) is 0 Å². The van der Waals surface area contributed by atoms with Gasteiger partial charge in [-0.15, -0.1) is 0 Å². The third kappa shape index (κ3) is 2.36. The van der Waals surface area contributed by atoms with Crippen LogP contribution in [-0.4, -0.2) is 25.3 Å². The van der Waals surface area contributed by atoms with Crippen LogP contribution in [0.15, 0.2) is 0 Å². The average molecular weight is 211 g/mol. The van der Waals surface area contributed by atoms with Crippen molar-refractivity contribution in [2.75, 3.05) is 13.7 Å². The smallest absolute Gasteiger partial charge is 0.0810 e. The molecule has 0 radical (unpaired) electrons. The molecule has 2 nitrogen and oxygen atoms in total. The van der Waals surface area contributed by atoms with Gasteiger partial charge >= 0.3 is 0 Å². The van der Waals surface area contributed by atoms with Crippen molar-refractivity contribution < 1.29 is 4.74 Å². The molecule has 2 fully saturated rings. The minimum Gasteiger partial charge on any atom is -0.374 e. The molecule has 0 spiro atoms. The van der Waals surface area contributed by atoms with Crippen molar-refractivity contribution in [3.05, 3.63) is 0 Å². The molecule has 2 aliphatic rings. The predicted molar refractivity (Wildman–Crippen MR) is 63.0 cm³/mol. The maximum Gasteiger partial charge on any atom is 0.0810 e. The summed E-state index contributed by atoms with van der Waals surface area (Å²) in [7, 11) is 2.10. The van der Waals surface area contributed by atoms with Gasteiger partial charge in [0.2, 0.25) is 0 Å². The molecule has 1 saturated heterocycles. The molecule has 88 valence electrons. The molecule has 0 aromatic heterocycles. The van der Waals surface area contributed by atoms with E-state index in [0.29, 0.717) is 6.04 Å². The molecule has 0 amide bonds. The number of hydrogen-bond acceptors (Lipinski definition) is 2. The zero-order valence-corrected chi connectivity index (χ0v) is 10.2. The second-order valence-corrected chi connectivity index (χ2v) is 5.43. The Morgan fingerprint density at radius 2 is 1.93 bits per heavy atom. The molecule has 1 aliphatic carbocycles. The summed E-state index contributed by atoms with van der Waals surface area (Å²) in [4.78, 5) is 0. The van der Waals surface area contributed by atoms with E-state index in [0.717, 1.165) is 12.5 Å². The number of hydrogen-bond donors (Lipinski definition) is 1. The highest BCUT2D eigenvalue weighted by atomic mass is 16.5. The fourth-order valence-corrected chi connectivity index (χ4v) is 3.55. The minimum atomic E-state index is 0.108. The second kappa shape index (κ2) is 4.84. The van der Waals surface area contributed by atoms with Gasteiger partial charge in [0.1, 0.15) is 0 Å². The third-order valence-electron chi connectivity index (χ3n) is 4.34. The molecule has 1 heterocycles. The van der Waals surface area contributed by atoms with Crippen molar-refractivity contribution in [2.24, 2.45) is 5.92 Å². The zero-order chi connectivity index (χ0) is 10.7. The van der Waals surface area contributed by atoms with Gasteiger partial charge in [0.15, 0.2) is 0 Å². The lowest BCUT2D eigenvalue weighted by Crippen LogP contribution is -2.52. The highest BCUT2D eigenvalue weighted by Gasteiger charge is 2.41. The number of nitrogens with one attached hydrogen (secondary N) is 1. The van der Waals surface area contributed by atoms with E-state index in [4.69, 9.17) is 4.74 Å². The molecule has 1 aliphatic heterocycles. The molecular formula is C13H25NO. The summed E-state index contributed by atoms with van der Waals surface area (Å²) in [6.07, 6.45) is 9.52. The largest absolute Gasteiger partial charge is 0.374 e. The summed E-state index contributed by atoms with van der Waals surface area (Å²) in [5.74, 6) is 0.840. The Morgan fingerprint density at radius 3 is 2.47 bits per heavy atom. The van der Waals surface area contributed by atoms with Crippen molar-refractivity contribution >= 4 is 0 Å². The molecule has 0 aromatic rings. The van der Waals surface area contributed by atoms with Crippen LogP contribution in [0.4, 0.5) is 0 Å². The van der Waals surface area contributed by atoms with Gasteiger partial charge in [-0.25, -0.2) is 0 Å². The molecule has 15 heavy (non-hydrogen) atoms. The Bertz CT molecular complexity index is 193. The van der Waals surface area contributed by atoms with Crippen LogP contribution >= 0.6 is 0 Å². The summed E-state index contributed by atoms with van der Waals surface area (Å²) in [6, 6.07) is 0.570. The van der Waals surface area contributed by atoms with Crippen LogP contribution < -0.4 is 5.32 Å². The highest BCUT2D eigenvalue weighted by molar-refractivity contribution is 4.96. The Kier molecular flexibility index (Phi) is 3.68. The highest BCUT2D eigenvalue weighted by Crippen LogP contribution is 2.37. The van der Waals surface area contributed by atoms with Crippen LogP contribution in [0.25, 0.3) is 0 Å². The van der Waals surface area contributed by atoms with E-state index in [1.54, 1.807) is 0 Å². The Balaban J connectivity index is 2.01. The van der Waals surface area contributed by atoms with E-state index in [1.807, 2.05) is 0 Å². The van der Waals surface area contributed by atoms with E-state index >= 15 is 0 Å². The predicted octanol–water partition coefficient (Wildman–Crippen LogP) is 2.72. The lowest BCUT2D eigenvalue weighted by atomic mass is 9.76. The quantitative estimate of drug-likeness (QED) is 0.775. The van der Waals surface area contributed by atoms with Gasteiger partial charge < -0.3 is 10.1 Å². The SMILES string of the molecule is CNC(C1CCCCC1)C1(C)CCCO1. The van der Waals surface area contributed by atoms with Crippen LogP contribution in [0.5, 0.6) is 0 Å². The molecule has 2 unspecified atom stereocenters.